The third-order valence-corrected chi connectivity index (χ3v) is 4.44. The predicted molar refractivity (Wildman–Crippen MR) is 82.0 cm³/mol. The SMILES string of the molecule is CCC1CCCCCN1c1ccc(C(C)O)c(Cl)c1. The number of aliphatic hydroxyl groups is 1. The minimum atomic E-state index is -0.507. The number of hydrogen-bond acceptors (Lipinski definition) is 2. The van der Waals surface area contributed by atoms with Crippen molar-refractivity contribution in [3.63, 3.8) is 0 Å². The zero-order valence-corrected chi connectivity index (χ0v) is 12.7. The first-order chi connectivity index (χ1) is 9.13. The van der Waals surface area contributed by atoms with Gasteiger partial charge in [-0.3, -0.25) is 0 Å². The standard InChI is InChI=1S/C16H24ClNO/c1-3-13-7-5-4-6-10-18(13)14-8-9-15(12(2)19)16(17)11-14/h8-9,11-13,19H,3-7,10H2,1-2H3. The van der Waals surface area contributed by atoms with Gasteiger partial charge >= 0.3 is 0 Å². The lowest BCUT2D eigenvalue weighted by Gasteiger charge is -2.32. The summed E-state index contributed by atoms with van der Waals surface area (Å²) in [7, 11) is 0. The van der Waals surface area contributed by atoms with Gasteiger partial charge in [0.2, 0.25) is 0 Å². The van der Waals surface area contributed by atoms with E-state index in [0.29, 0.717) is 11.1 Å². The van der Waals surface area contributed by atoms with Crippen LogP contribution >= 0.6 is 11.6 Å². The first-order valence-electron chi connectivity index (χ1n) is 7.37. The molecule has 1 fully saturated rings. The highest BCUT2D eigenvalue weighted by molar-refractivity contribution is 6.31. The van der Waals surface area contributed by atoms with E-state index in [1.165, 1.54) is 37.8 Å². The summed E-state index contributed by atoms with van der Waals surface area (Å²) in [6.45, 7) is 5.12. The van der Waals surface area contributed by atoms with Gasteiger partial charge in [0.05, 0.1) is 6.10 Å². The van der Waals surface area contributed by atoms with Crippen molar-refractivity contribution in [2.24, 2.45) is 0 Å². The van der Waals surface area contributed by atoms with Crippen LogP contribution in [0.4, 0.5) is 5.69 Å². The number of halogens is 1. The van der Waals surface area contributed by atoms with Crippen molar-refractivity contribution >= 4 is 17.3 Å². The summed E-state index contributed by atoms with van der Waals surface area (Å²) in [5, 5.41) is 10.3. The van der Waals surface area contributed by atoms with Crippen molar-refractivity contribution in [2.45, 2.75) is 58.1 Å². The van der Waals surface area contributed by atoms with Gasteiger partial charge < -0.3 is 10.0 Å². The van der Waals surface area contributed by atoms with E-state index in [-0.39, 0.29) is 0 Å². The number of nitrogens with zero attached hydrogens (tertiary/aromatic N) is 1. The predicted octanol–water partition coefficient (Wildman–Crippen LogP) is 4.55. The second kappa shape index (κ2) is 6.62. The molecular weight excluding hydrogens is 258 g/mol. The summed E-state index contributed by atoms with van der Waals surface area (Å²) in [5.74, 6) is 0. The Labute approximate surface area is 121 Å². The van der Waals surface area contributed by atoms with Crippen molar-refractivity contribution in [2.75, 3.05) is 11.4 Å². The first kappa shape index (κ1) is 14.7. The van der Waals surface area contributed by atoms with Crippen molar-refractivity contribution in [3.8, 4) is 0 Å². The molecule has 1 aromatic rings. The Bertz CT molecular complexity index is 419. The molecule has 0 radical (unpaired) electrons. The van der Waals surface area contributed by atoms with Gasteiger partial charge in [0.1, 0.15) is 0 Å². The van der Waals surface area contributed by atoms with Gasteiger partial charge in [-0.1, -0.05) is 37.4 Å². The van der Waals surface area contributed by atoms with Crippen LogP contribution in [0.5, 0.6) is 0 Å². The summed E-state index contributed by atoms with van der Waals surface area (Å²) in [6.07, 6.45) is 5.85. The number of hydrogen-bond donors (Lipinski definition) is 1. The lowest BCUT2D eigenvalue weighted by molar-refractivity contribution is 0.199. The van der Waals surface area contributed by atoms with E-state index in [1.54, 1.807) is 6.92 Å². The third-order valence-electron chi connectivity index (χ3n) is 4.11. The van der Waals surface area contributed by atoms with Crippen LogP contribution in [0.1, 0.15) is 57.6 Å². The normalized spacial score (nSPS) is 22.1. The Morgan fingerprint density at radius 3 is 2.79 bits per heavy atom. The molecule has 0 bridgehead atoms. The van der Waals surface area contributed by atoms with Crippen molar-refractivity contribution in [1.82, 2.24) is 0 Å². The summed E-state index contributed by atoms with van der Waals surface area (Å²) in [5.41, 5.74) is 2.01. The monoisotopic (exact) mass is 281 g/mol. The highest BCUT2D eigenvalue weighted by atomic mass is 35.5. The number of rotatable bonds is 3. The Morgan fingerprint density at radius 2 is 2.16 bits per heavy atom. The van der Waals surface area contributed by atoms with Gasteiger partial charge in [0.15, 0.2) is 0 Å². The zero-order valence-electron chi connectivity index (χ0n) is 11.9. The summed E-state index contributed by atoms with van der Waals surface area (Å²) < 4.78 is 0. The van der Waals surface area contributed by atoms with E-state index in [0.717, 1.165) is 12.1 Å². The quantitative estimate of drug-likeness (QED) is 0.878. The molecule has 1 aromatic carbocycles. The van der Waals surface area contributed by atoms with Gasteiger partial charge in [-0.25, -0.2) is 0 Å². The molecule has 2 rings (SSSR count). The average Bonchev–Trinajstić information content (AvgIpc) is 2.63. The Hall–Kier alpha value is -0.730. The first-order valence-corrected chi connectivity index (χ1v) is 7.75. The molecule has 0 amide bonds. The molecule has 2 unspecified atom stereocenters. The van der Waals surface area contributed by atoms with Crippen LogP contribution in [0.2, 0.25) is 5.02 Å². The van der Waals surface area contributed by atoms with Crippen LogP contribution < -0.4 is 4.90 Å². The van der Waals surface area contributed by atoms with Crippen molar-refractivity contribution in [3.05, 3.63) is 28.8 Å². The highest BCUT2D eigenvalue weighted by Crippen LogP contribution is 2.31. The van der Waals surface area contributed by atoms with E-state index in [1.807, 2.05) is 12.1 Å². The van der Waals surface area contributed by atoms with Crippen LogP contribution in [-0.2, 0) is 0 Å². The highest BCUT2D eigenvalue weighted by Gasteiger charge is 2.20. The number of anilines is 1. The molecule has 0 spiro atoms. The smallest absolute Gasteiger partial charge is 0.0776 e. The Morgan fingerprint density at radius 1 is 1.37 bits per heavy atom. The summed E-state index contributed by atoms with van der Waals surface area (Å²) >= 11 is 6.29. The van der Waals surface area contributed by atoms with Gasteiger partial charge in [0.25, 0.3) is 0 Å². The van der Waals surface area contributed by atoms with E-state index >= 15 is 0 Å². The molecule has 2 nitrogen and oxygen atoms in total. The maximum absolute atomic E-state index is 9.65. The maximum atomic E-state index is 9.65. The van der Waals surface area contributed by atoms with E-state index < -0.39 is 6.10 Å². The Balaban J connectivity index is 2.26. The topological polar surface area (TPSA) is 23.5 Å². The fraction of sp³-hybridized carbons (Fsp3) is 0.625. The second-order valence-electron chi connectivity index (χ2n) is 5.49. The van der Waals surface area contributed by atoms with Gasteiger partial charge in [0, 0.05) is 23.3 Å². The van der Waals surface area contributed by atoms with E-state index in [4.69, 9.17) is 11.6 Å². The van der Waals surface area contributed by atoms with E-state index in [2.05, 4.69) is 17.9 Å². The molecule has 1 saturated heterocycles. The zero-order chi connectivity index (χ0) is 13.8. The van der Waals surface area contributed by atoms with Gasteiger partial charge in [-0.15, -0.1) is 0 Å². The molecule has 19 heavy (non-hydrogen) atoms. The molecule has 0 aliphatic carbocycles. The average molecular weight is 282 g/mol. The lowest BCUT2D eigenvalue weighted by Crippen LogP contribution is -2.34. The third kappa shape index (κ3) is 3.43. The van der Waals surface area contributed by atoms with Crippen molar-refractivity contribution in [1.29, 1.82) is 0 Å². The molecule has 2 atom stereocenters. The molecule has 3 heteroatoms. The molecule has 106 valence electrons. The molecule has 0 aromatic heterocycles. The summed E-state index contributed by atoms with van der Waals surface area (Å²) in [6, 6.07) is 6.69. The van der Waals surface area contributed by atoms with Crippen LogP contribution in [-0.4, -0.2) is 17.7 Å². The fourth-order valence-corrected chi connectivity index (χ4v) is 3.31. The van der Waals surface area contributed by atoms with Crippen LogP contribution in [0.15, 0.2) is 18.2 Å². The second-order valence-corrected chi connectivity index (χ2v) is 5.89. The van der Waals surface area contributed by atoms with Gasteiger partial charge in [-0.2, -0.15) is 0 Å². The van der Waals surface area contributed by atoms with Crippen LogP contribution in [0.25, 0.3) is 0 Å². The molecular formula is C16H24ClNO. The van der Waals surface area contributed by atoms with E-state index in [9.17, 15) is 5.11 Å². The summed E-state index contributed by atoms with van der Waals surface area (Å²) in [4.78, 5) is 2.49. The molecule has 1 heterocycles. The largest absolute Gasteiger partial charge is 0.389 e. The number of aliphatic hydroxyl groups excluding tert-OH is 1. The molecule has 1 aliphatic rings. The number of benzene rings is 1. The van der Waals surface area contributed by atoms with Crippen LogP contribution in [0, 0.1) is 0 Å². The minimum Gasteiger partial charge on any atom is -0.389 e. The van der Waals surface area contributed by atoms with Gasteiger partial charge in [-0.05, 0) is 43.9 Å². The van der Waals surface area contributed by atoms with Crippen molar-refractivity contribution < 1.29 is 5.11 Å². The fourth-order valence-electron chi connectivity index (χ4n) is 2.98. The minimum absolute atomic E-state index is 0.507. The van der Waals surface area contributed by atoms with Crippen LogP contribution in [0.3, 0.4) is 0 Å². The molecule has 1 N–H and O–H groups in total. The molecule has 0 saturated carbocycles. The maximum Gasteiger partial charge on any atom is 0.0776 e. The molecule has 1 aliphatic heterocycles. The Kier molecular flexibility index (Phi) is 5.12. The lowest BCUT2D eigenvalue weighted by atomic mass is 10.1.